The molecular weight excluding hydrogens is 352 g/mol. The van der Waals surface area contributed by atoms with Crippen molar-refractivity contribution in [3.05, 3.63) is 34.9 Å². The van der Waals surface area contributed by atoms with E-state index in [2.05, 4.69) is 0 Å². The van der Waals surface area contributed by atoms with Crippen LogP contribution in [0.5, 0.6) is 0 Å². The van der Waals surface area contributed by atoms with Crippen LogP contribution < -0.4 is 0 Å². The highest BCUT2D eigenvalue weighted by atomic mass is 35.5. The summed E-state index contributed by atoms with van der Waals surface area (Å²) in [5.41, 5.74) is 1.17. The summed E-state index contributed by atoms with van der Waals surface area (Å²) in [6.07, 6.45) is 3.78. The lowest BCUT2D eigenvalue weighted by Crippen LogP contribution is -2.47. The van der Waals surface area contributed by atoms with Gasteiger partial charge in [-0.3, -0.25) is 9.59 Å². The molecule has 0 saturated carbocycles. The lowest BCUT2D eigenvalue weighted by atomic mass is 9.94. The molecule has 26 heavy (non-hydrogen) atoms. The van der Waals surface area contributed by atoms with Crippen LogP contribution in [0.3, 0.4) is 0 Å². The predicted molar refractivity (Wildman–Crippen MR) is 101 cm³/mol. The second kappa shape index (κ2) is 9.38. The van der Waals surface area contributed by atoms with Gasteiger partial charge in [0.15, 0.2) is 0 Å². The quantitative estimate of drug-likeness (QED) is 0.791. The highest BCUT2D eigenvalue weighted by Gasteiger charge is 2.30. The maximum atomic E-state index is 12.5. The smallest absolute Gasteiger partial charge is 0.225 e. The Bertz CT molecular complexity index is 623. The van der Waals surface area contributed by atoms with Crippen LogP contribution >= 0.6 is 11.6 Å². The summed E-state index contributed by atoms with van der Waals surface area (Å²) in [6, 6.07) is 7.79. The molecule has 2 fully saturated rings. The minimum atomic E-state index is 0.0589. The van der Waals surface area contributed by atoms with Crippen molar-refractivity contribution in [3.8, 4) is 0 Å². The Hall–Kier alpha value is -1.59. The predicted octanol–water partition coefficient (Wildman–Crippen LogP) is 2.76. The van der Waals surface area contributed by atoms with Crippen LogP contribution in [0, 0.1) is 5.92 Å². The van der Waals surface area contributed by atoms with Gasteiger partial charge in [0.05, 0.1) is 13.2 Å². The van der Waals surface area contributed by atoms with Gasteiger partial charge in [-0.05, 0) is 43.4 Å². The first-order valence-corrected chi connectivity index (χ1v) is 9.90. The Morgan fingerprint density at radius 3 is 2.50 bits per heavy atom. The van der Waals surface area contributed by atoms with Crippen LogP contribution in [0.15, 0.2) is 24.3 Å². The maximum Gasteiger partial charge on any atom is 0.225 e. The van der Waals surface area contributed by atoms with Crippen molar-refractivity contribution in [2.24, 2.45) is 5.92 Å². The van der Waals surface area contributed by atoms with E-state index in [-0.39, 0.29) is 17.7 Å². The number of morpholine rings is 1. The summed E-state index contributed by atoms with van der Waals surface area (Å²) >= 11 is 5.99. The summed E-state index contributed by atoms with van der Waals surface area (Å²) in [5, 5.41) is 0.737. The van der Waals surface area contributed by atoms with E-state index in [0.717, 1.165) is 30.7 Å². The third-order valence-electron chi connectivity index (χ3n) is 5.26. The van der Waals surface area contributed by atoms with Gasteiger partial charge in [-0.1, -0.05) is 23.7 Å². The zero-order valence-corrected chi connectivity index (χ0v) is 15.9. The Balaban J connectivity index is 1.38. The molecule has 0 spiro atoms. The number of carbonyl (C=O) groups is 2. The number of likely N-dealkylation sites (tertiary alicyclic amines) is 1. The number of amides is 2. The Kier molecular flexibility index (Phi) is 6.92. The van der Waals surface area contributed by atoms with Crippen LogP contribution in [0.2, 0.25) is 5.02 Å². The van der Waals surface area contributed by atoms with Crippen molar-refractivity contribution in [1.82, 2.24) is 9.80 Å². The largest absolute Gasteiger partial charge is 0.378 e. The molecule has 5 nitrogen and oxygen atoms in total. The zero-order valence-electron chi connectivity index (χ0n) is 15.2. The molecule has 142 valence electrons. The van der Waals surface area contributed by atoms with Crippen LogP contribution in [0.1, 0.15) is 31.2 Å². The lowest BCUT2D eigenvalue weighted by molar-refractivity contribution is -0.143. The minimum Gasteiger partial charge on any atom is -0.378 e. The summed E-state index contributed by atoms with van der Waals surface area (Å²) in [7, 11) is 0. The number of piperidine rings is 1. The first-order valence-electron chi connectivity index (χ1n) is 9.52. The second-order valence-corrected chi connectivity index (χ2v) is 7.51. The van der Waals surface area contributed by atoms with Gasteiger partial charge in [0.25, 0.3) is 0 Å². The zero-order chi connectivity index (χ0) is 18.4. The molecule has 1 aromatic carbocycles. The number of hydrogen-bond acceptors (Lipinski definition) is 3. The molecule has 0 N–H and O–H groups in total. The standard InChI is InChI=1S/C20H27ClN2O3/c21-18-5-1-3-16(15-18)4-2-6-19(24)22-9-7-17(8-10-22)20(25)23-11-13-26-14-12-23/h1,3,5,15,17H,2,4,6-14H2. The Morgan fingerprint density at radius 2 is 1.81 bits per heavy atom. The molecular formula is C20H27ClN2O3. The summed E-state index contributed by atoms with van der Waals surface area (Å²) in [6.45, 7) is 4.04. The van der Waals surface area contributed by atoms with E-state index in [4.69, 9.17) is 16.3 Å². The van der Waals surface area contributed by atoms with Crippen molar-refractivity contribution < 1.29 is 14.3 Å². The molecule has 0 aromatic heterocycles. The average Bonchev–Trinajstić information content (AvgIpc) is 2.68. The Morgan fingerprint density at radius 1 is 1.08 bits per heavy atom. The fraction of sp³-hybridized carbons (Fsp3) is 0.600. The molecule has 2 aliphatic rings. The molecule has 6 heteroatoms. The molecule has 0 aliphatic carbocycles. The van der Waals surface area contributed by atoms with Gasteiger partial charge in [0.1, 0.15) is 0 Å². The van der Waals surface area contributed by atoms with E-state index in [0.29, 0.717) is 45.8 Å². The topological polar surface area (TPSA) is 49.9 Å². The normalized spacial score (nSPS) is 18.8. The summed E-state index contributed by atoms with van der Waals surface area (Å²) in [5.74, 6) is 0.495. The Labute approximate surface area is 160 Å². The lowest BCUT2D eigenvalue weighted by Gasteiger charge is -2.35. The third kappa shape index (κ3) is 5.21. The minimum absolute atomic E-state index is 0.0589. The number of carbonyl (C=O) groups excluding carboxylic acids is 2. The number of benzene rings is 1. The molecule has 1 aromatic rings. The number of rotatable bonds is 5. The molecule has 2 aliphatic heterocycles. The van der Waals surface area contributed by atoms with Crippen molar-refractivity contribution >= 4 is 23.4 Å². The van der Waals surface area contributed by atoms with Crippen LogP contribution in [0.4, 0.5) is 0 Å². The van der Waals surface area contributed by atoms with Gasteiger partial charge in [-0.25, -0.2) is 0 Å². The average molecular weight is 379 g/mol. The van der Waals surface area contributed by atoms with E-state index in [9.17, 15) is 9.59 Å². The maximum absolute atomic E-state index is 12.5. The molecule has 0 unspecified atom stereocenters. The third-order valence-corrected chi connectivity index (χ3v) is 5.50. The fourth-order valence-electron chi connectivity index (χ4n) is 3.71. The van der Waals surface area contributed by atoms with Crippen molar-refractivity contribution in [3.63, 3.8) is 0 Å². The highest BCUT2D eigenvalue weighted by Crippen LogP contribution is 2.21. The van der Waals surface area contributed by atoms with E-state index in [1.807, 2.05) is 34.1 Å². The van der Waals surface area contributed by atoms with Gasteiger partial charge >= 0.3 is 0 Å². The summed E-state index contributed by atoms with van der Waals surface area (Å²) in [4.78, 5) is 28.8. The van der Waals surface area contributed by atoms with Crippen LogP contribution in [-0.4, -0.2) is 61.0 Å². The monoisotopic (exact) mass is 378 g/mol. The number of ether oxygens (including phenoxy) is 1. The molecule has 2 saturated heterocycles. The number of nitrogens with zero attached hydrogens (tertiary/aromatic N) is 2. The molecule has 0 radical (unpaired) electrons. The molecule has 3 rings (SSSR count). The molecule has 2 heterocycles. The van der Waals surface area contributed by atoms with Crippen LogP contribution in [-0.2, 0) is 20.7 Å². The van der Waals surface area contributed by atoms with Gasteiger partial charge in [-0.15, -0.1) is 0 Å². The van der Waals surface area contributed by atoms with E-state index in [1.54, 1.807) is 0 Å². The fourth-order valence-corrected chi connectivity index (χ4v) is 3.92. The highest BCUT2D eigenvalue weighted by molar-refractivity contribution is 6.30. The van der Waals surface area contributed by atoms with E-state index < -0.39 is 0 Å². The SMILES string of the molecule is O=C(CCCc1cccc(Cl)c1)N1CCC(C(=O)N2CCOCC2)CC1. The molecule has 2 amide bonds. The number of aryl methyl sites for hydroxylation is 1. The van der Waals surface area contributed by atoms with Crippen LogP contribution in [0.25, 0.3) is 0 Å². The molecule has 0 bridgehead atoms. The van der Waals surface area contributed by atoms with E-state index >= 15 is 0 Å². The first-order chi connectivity index (χ1) is 12.6. The summed E-state index contributed by atoms with van der Waals surface area (Å²) < 4.78 is 5.31. The molecule has 0 atom stereocenters. The number of hydrogen-bond donors (Lipinski definition) is 0. The van der Waals surface area contributed by atoms with Gasteiger partial charge in [-0.2, -0.15) is 0 Å². The second-order valence-electron chi connectivity index (χ2n) is 7.08. The van der Waals surface area contributed by atoms with Crippen molar-refractivity contribution in [2.75, 3.05) is 39.4 Å². The van der Waals surface area contributed by atoms with Gasteiger partial charge in [0.2, 0.25) is 11.8 Å². The van der Waals surface area contributed by atoms with E-state index in [1.165, 1.54) is 5.56 Å². The number of halogens is 1. The van der Waals surface area contributed by atoms with Crippen molar-refractivity contribution in [2.45, 2.75) is 32.1 Å². The van der Waals surface area contributed by atoms with Gasteiger partial charge < -0.3 is 14.5 Å². The van der Waals surface area contributed by atoms with Gasteiger partial charge in [0, 0.05) is 43.5 Å². The first kappa shape index (κ1) is 19.2. The van der Waals surface area contributed by atoms with Crippen molar-refractivity contribution in [1.29, 1.82) is 0 Å².